The number of benzene rings is 2. The Hall–Kier alpha value is -3.01. The average Bonchev–Trinajstić information content (AvgIpc) is 2.80. The second-order valence-electron chi connectivity index (χ2n) is 7.96. The molecule has 4 rings (SSSR count). The van der Waals surface area contributed by atoms with Gasteiger partial charge in [-0.05, 0) is 37.1 Å². The molecule has 1 aliphatic heterocycles. The molecule has 0 atom stereocenters. The maximum absolute atomic E-state index is 12.3. The molecule has 1 aromatic heterocycles. The van der Waals surface area contributed by atoms with Crippen LogP contribution in [0.4, 0.5) is 17.5 Å². The van der Waals surface area contributed by atoms with Crippen molar-refractivity contribution in [2.75, 3.05) is 37.4 Å². The van der Waals surface area contributed by atoms with Crippen molar-refractivity contribution in [2.45, 2.75) is 23.8 Å². The number of piperidine rings is 1. The minimum absolute atomic E-state index is 0.222. The van der Waals surface area contributed by atoms with E-state index in [1.807, 2.05) is 36.4 Å². The summed E-state index contributed by atoms with van der Waals surface area (Å²) in [6.45, 7) is 1.45. The predicted molar refractivity (Wildman–Crippen MR) is 126 cm³/mol. The van der Waals surface area contributed by atoms with E-state index in [1.165, 1.54) is 18.4 Å². The summed E-state index contributed by atoms with van der Waals surface area (Å²) in [5.74, 6) is 1.22. The lowest BCUT2D eigenvalue weighted by Crippen LogP contribution is -2.36. The van der Waals surface area contributed by atoms with Crippen LogP contribution in [-0.2, 0) is 10.0 Å². The van der Waals surface area contributed by atoms with Crippen LogP contribution in [0.25, 0.3) is 11.3 Å². The van der Waals surface area contributed by atoms with Gasteiger partial charge < -0.3 is 15.3 Å². The van der Waals surface area contributed by atoms with Gasteiger partial charge in [0.25, 0.3) is 0 Å². The molecule has 1 aliphatic rings. The second kappa shape index (κ2) is 9.23. The Morgan fingerprint density at radius 3 is 2.28 bits per heavy atom. The van der Waals surface area contributed by atoms with E-state index in [0.717, 1.165) is 30.2 Å². The van der Waals surface area contributed by atoms with Crippen LogP contribution in [0, 0.1) is 0 Å². The van der Waals surface area contributed by atoms with E-state index in [-0.39, 0.29) is 11.0 Å². The number of nitrogens with one attached hydrogen (secondary N) is 1. The first kappa shape index (κ1) is 22.2. The van der Waals surface area contributed by atoms with Crippen LogP contribution in [-0.4, -0.2) is 61.1 Å². The lowest BCUT2D eigenvalue weighted by atomic mass is 10.1. The van der Waals surface area contributed by atoms with Gasteiger partial charge >= 0.3 is 0 Å². The number of nitrogens with zero attached hydrogens (tertiary/aromatic N) is 4. The molecule has 1 fully saturated rings. The third kappa shape index (κ3) is 4.90. The van der Waals surface area contributed by atoms with Crippen LogP contribution >= 0.6 is 0 Å². The molecule has 0 unspecified atom stereocenters. The lowest BCUT2D eigenvalue weighted by molar-refractivity contribution is 0.145. The Morgan fingerprint density at radius 2 is 1.66 bits per heavy atom. The molecule has 1 saturated heterocycles. The highest BCUT2D eigenvalue weighted by Crippen LogP contribution is 2.27. The summed E-state index contributed by atoms with van der Waals surface area (Å²) in [6, 6.07) is 18.4. The summed E-state index contributed by atoms with van der Waals surface area (Å²) in [4.78, 5) is 11.8. The minimum atomic E-state index is -3.49. The Labute approximate surface area is 188 Å². The van der Waals surface area contributed by atoms with Gasteiger partial charge in [0.15, 0.2) is 0 Å². The third-order valence-corrected chi connectivity index (χ3v) is 7.29. The Balaban J connectivity index is 1.65. The second-order valence-corrected chi connectivity index (χ2v) is 10.1. The molecule has 8 nitrogen and oxygen atoms in total. The van der Waals surface area contributed by atoms with Gasteiger partial charge in [-0.1, -0.05) is 30.3 Å². The lowest BCUT2D eigenvalue weighted by Gasteiger charge is -2.30. The van der Waals surface area contributed by atoms with E-state index in [4.69, 9.17) is 4.98 Å². The van der Waals surface area contributed by atoms with Gasteiger partial charge in [-0.3, -0.25) is 0 Å². The summed E-state index contributed by atoms with van der Waals surface area (Å²) >= 11 is 0. The van der Waals surface area contributed by atoms with Crippen LogP contribution in [0.2, 0.25) is 0 Å². The van der Waals surface area contributed by atoms with Crippen molar-refractivity contribution in [3.05, 3.63) is 60.7 Å². The summed E-state index contributed by atoms with van der Waals surface area (Å²) in [6.07, 6.45) is 1.14. The van der Waals surface area contributed by atoms with E-state index in [9.17, 15) is 13.5 Å². The van der Waals surface area contributed by atoms with Crippen molar-refractivity contribution in [3.8, 4) is 11.3 Å². The summed E-state index contributed by atoms with van der Waals surface area (Å²) in [5.41, 5.74) is 2.45. The molecule has 2 heterocycles. The largest absolute Gasteiger partial charge is 0.393 e. The molecule has 0 radical (unpaired) electrons. The van der Waals surface area contributed by atoms with Crippen LogP contribution in [0.1, 0.15) is 12.8 Å². The van der Waals surface area contributed by atoms with E-state index in [1.54, 1.807) is 24.3 Å². The molecule has 0 saturated carbocycles. The fourth-order valence-electron chi connectivity index (χ4n) is 3.55. The quantitative estimate of drug-likeness (QED) is 0.592. The molecule has 2 aromatic carbocycles. The zero-order valence-electron chi connectivity index (χ0n) is 18.1. The highest BCUT2D eigenvalue weighted by atomic mass is 32.2. The van der Waals surface area contributed by atoms with E-state index in [2.05, 4.69) is 15.2 Å². The van der Waals surface area contributed by atoms with Gasteiger partial charge in [0.1, 0.15) is 5.82 Å². The van der Waals surface area contributed by atoms with Crippen LogP contribution in [0.15, 0.2) is 65.6 Å². The molecular weight excluding hydrogens is 426 g/mol. The molecule has 3 aromatic rings. The number of aliphatic hydroxyl groups is 1. The van der Waals surface area contributed by atoms with Crippen molar-refractivity contribution in [3.63, 3.8) is 0 Å². The normalized spacial score (nSPS) is 15.2. The van der Waals surface area contributed by atoms with Crippen LogP contribution in [0.3, 0.4) is 0 Å². The van der Waals surface area contributed by atoms with Gasteiger partial charge in [-0.15, -0.1) is 0 Å². The Kier molecular flexibility index (Phi) is 6.40. The van der Waals surface area contributed by atoms with E-state index in [0.29, 0.717) is 24.5 Å². The number of hydrogen-bond acceptors (Lipinski definition) is 7. The highest BCUT2D eigenvalue weighted by Gasteiger charge is 2.20. The van der Waals surface area contributed by atoms with Crippen molar-refractivity contribution in [1.82, 2.24) is 14.3 Å². The molecular formula is C23H27N5O3S. The monoisotopic (exact) mass is 453 g/mol. The zero-order chi connectivity index (χ0) is 22.7. The van der Waals surface area contributed by atoms with Crippen molar-refractivity contribution in [2.24, 2.45) is 0 Å². The first-order valence-corrected chi connectivity index (χ1v) is 11.9. The zero-order valence-corrected chi connectivity index (χ0v) is 19.0. The number of aliphatic hydroxyl groups excluding tert-OH is 1. The molecule has 32 heavy (non-hydrogen) atoms. The number of sulfonamides is 1. The maximum Gasteiger partial charge on any atom is 0.242 e. The van der Waals surface area contributed by atoms with Gasteiger partial charge in [0, 0.05) is 44.5 Å². The summed E-state index contributed by atoms with van der Waals surface area (Å²) in [7, 11) is -0.477. The first-order valence-electron chi connectivity index (χ1n) is 10.5. The smallest absolute Gasteiger partial charge is 0.242 e. The van der Waals surface area contributed by atoms with Gasteiger partial charge in [0.2, 0.25) is 16.0 Å². The minimum Gasteiger partial charge on any atom is -0.393 e. The Bertz CT molecular complexity index is 1160. The predicted octanol–water partition coefficient (Wildman–Crippen LogP) is 3.10. The van der Waals surface area contributed by atoms with Crippen molar-refractivity contribution in [1.29, 1.82) is 0 Å². The number of rotatable bonds is 6. The molecule has 0 amide bonds. The standard InChI is InChI=1S/C23H27N5O3S/c1-27(2)32(30,31)20-10-8-18(9-11-20)24-23-25-21(17-6-4-3-5-7-17)16-22(26-23)28-14-12-19(29)13-15-28/h3-11,16,19,29H,12-15H2,1-2H3,(H,24,25,26). The number of aromatic nitrogens is 2. The summed E-state index contributed by atoms with van der Waals surface area (Å²) in [5, 5.41) is 13.1. The molecule has 0 bridgehead atoms. The summed E-state index contributed by atoms with van der Waals surface area (Å²) < 4.78 is 25.8. The van der Waals surface area contributed by atoms with E-state index < -0.39 is 10.0 Å². The van der Waals surface area contributed by atoms with Crippen LogP contribution in [0.5, 0.6) is 0 Å². The topological polar surface area (TPSA) is 98.7 Å². The number of hydrogen-bond donors (Lipinski definition) is 2. The first-order chi connectivity index (χ1) is 15.3. The fraction of sp³-hybridized carbons (Fsp3) is 0.304. The number of anilines is 3. The van der Waals surface area contributed by atoms with E-state index >= 15 is 0 Å². The SMILES string of the molecule is CN(C)S(=O)(=O)c1ccc(Nc2nc(-c3ccccc3)cc(N3CCC(O)CC3)n2)cc1. The van der Waals surface area contributed by atoms with Crippen LogP contribution < -0.4 is 10.2 Å². The van der Waals surface area contributed by atoms with Gasteiger partial charge in [-0.25, -0.2) is 17.7 Å². The fourth-order valence-corrected chi connectivity index (χ4v) is 4.46. The maximum atomic E-state index is 12.3. The van der Waals surface area contributed by atoms with Gasteiger partial charge in [-0.2, -0.15) is 4.98 Å². The third-order valence-electron chi connectivity index (χ3n) is 5.46. The molecule has 9 heteroatoms. The van der Waals surface area contributed by atoms with Gasteiger partial charge in [0.05, 0.1) is 16.7 Å². The molecule has 168 valence electrons. The molecule has 0 aliphatic carbocycles. The highest BCUT2D eigenvalue weighted by molar-refractivity contribution is 7.89. The van der Waals surface area contributed by atoms with Crippen molar-refractivity contribution >= 4 is 27.5 Å². The molecule has 0 spiro atoms. The average molecular weight is 454 g/mol. The van der Waals surface area contributed by atoms with Crippen molar-refractivity contribution < 1.29 is 13.5 Å². The molecule has 2 N–H and O–H groups in total. The Morgan fingerprint density at radius 1 is 1.00 bits per heavy atom.